The van der Waals surface area contributed by atoms with Crippen molar-refractivity contribution in [2.75, 3.05) is 12.9 Å². The minimum Gasteiger partial charge on any atom is -0.497 e. The quantitative estimate of drug-likeness (QED) is 0.381. The molecule has 0 N–H and O–H groups in total. The number of rotatable bonds is 9. The van der Waals surface area contributed by atoms with Crippen LogP contribution >= 0.6 is 11.8 Å². The molecule has 0 aliphatic rings. The molecular weight excluding hydrogens is 370 g/mol. The van der Waals surface area contributed by atoms with Crippen LogP contribution in [0.25, 0.3) is 11.4 Å². The van der Waals surface area contributed by atoms with Gasteiger partial charge in [0.1, 0.15) is 5.75 Å². The molecule has 5 nitrogen and oxygen atoms in total. The average molecular weight is 396 g/mol. The van der Waals surface area contributed by atoms with Gasteiger partial charge in [-0.15, -0.1) is 10.2 Å². The summed E-state index contributed by atoms with van der Waals surface area (Å²) in [5.74, 6) is 2.04. The van der Waals surface area contributed by atoms with Gasteiger partial charge in [-0.05, 0) is 43.2 Å². The van der Waals surface area contributed by atoms with E-state index in [9.17, 15) is 4.79 Å². The van der Waals surface area contributed by atoms with Gasteiger partial charge in [0, 0.05) is 17.7 Å². The maximum Gasteiger partial charge on any atom is 0.191 e. The van der Waals surface area contributed by atoms with Gasteiger partial charge in [-0.25, -0.2) is 0 Å². The summed E-state index contributed by atoms with van der Waals surface area (Å²) in [5, 5.41) is 9.39. The molecule has 0 atom stereocenters. The lowest BCUT2D eigenvalue weighted by molar-refractivity contribution is 0.102. The Labute approximate surface area is 170 Å². The highest BCUT2D eigenvalue weighted by Gasteiger charge is 2.15. The molecule has 146 valence electrons. The van der Waals surface area contributed by atoms with Gasteiger partial charge in [0.25, 0.3) is 0 Å². The van der Waals surface area contributed by atoms with E-state index in [1.165, 1.54) is 17.3 Å². The van der Waals surface area contributed by atoms with E-state index < -0.39 is 0 Å². The highest BCUT2D eigenvalue weighted by molar-refractivity contribution is 7.99. The van der Waals surface area contributed by atoms with E-state index in [4.69, 9.17) is 4.74 Å². The molecule has 3 aromatic rings. The average Bonchev–Trinajstić information content (AvgIpc) is 3.15. The zero-order valence-electron chi connectivity index (χ0n) is 16.5. The maximum absolute atomic E-state index is 12.5. The molecule has 0 radical (unpaired) electrons. The van der Waals surface area contributed by atoms with Gasteiger partial charge in [-0.2, -0.15) is 0 Å². The fourth-order valence-electron chi connectivity index (χ4n) is 2.99. The third kappa shape index (κ3) is 4.62. The van der Waals surface area contributed by atoms with E-state index >= 15 is 0 Å². The number of hydrogen-bond acceptors (Lipinski definition) is 5. The first-order chi connectivity index (χ1) is 13.7. The third-order valence-electron chi connectivity index (χ3n) is 4.53. The van der Waals surface area contributed by atoms with Crippen LogP contribution < -0.4 is 4.74 Å². The number of methoxy groups -OCH3 is 1. The van der Waals surface area contributed by atoms with Crippen molar-refractivity contribution < 1.29 is 9.53 Å². The molecule has 0 amide bonds. The summed E-state index contributed by atoms with van der Waals surface area (Å²) in [6.07, 6.45) is 2.14. The van der Waals surface area contributed by atoms with Crippen LogP contribution in [0, 0.1) is 0 Å². The molecule has 0 aliphatic heterocycles. The topological polar surface area (TPSA) is 57.0 Å². The second-order valence-corrected chi connectivity index (χ2v) is 7.38. The number of ketones is 1. The first-order valence-corrected chi connectivity index (χ1v) is 10.5. The van der Waals surface area contributed by atoms with Crippen molar-refractivity contribution in [2.24, 2.45) is 0 Å². The van der Waals surface area contributed by atoms with Crippen molar-refractivity contribution in [1.29, 1.82) is 0 Å². The normalized spacial score (nSPS) is 10.8. The van der Waals surface area contributed by atoms with Crippen LogP contribution in [0.2, 0.25) is 0 Å². The molecule has 28 heavy (non-hydrogen) atoms. The molecule has 0 bridgehead atoms. The predicted octanol–water partition coefficient (Wildman–Crippen LogP) is 4.90. The van der Waals surface area contributed by atoms with Crippen LogP contribution in [0.15, 0.2) is 53.7 Å². The number of benzene rings is 2. The highest BCUT2D eigenvalue weighted by Crippen LogP contribution is 2.26. The van der Waals surface area contributed by atoms with Gasteiger partial charge in [0.2, 0.25) is 0 Å². The number of ether oxygens (including phenoxy) is 1. The number of carbonyl (C=O) groups excluding carboxylic acids is 1. The summed E-state index contributed by atoms with van der Waals surface area (Å²) in [6.45, 7) is 4.94. The number of Topliss-reactive ketones (excluding diaryl/α,β-unsaturated/α-hetero) is 1. The zero-order valence-corrected chi connectivity index (χ0v) is 17.3. The molecule has 1 aromatic heterocycles. The summed E-state index contributed by atoms with van der Waals surface area (Å²) >= 11 is 1.43. The maximum atomic E-state index is 12.5. The third-order valence-corrected chi connectivity index (χ3v) is 5.49. The Hall–Kier alpha value is -2.60. The lowest BCUT2D eigenvalue weighted by Crippen LogP contribution is -2.05. The van der Waals surface area contributed by atoms with E-state index in [1.54, 1.807) is 7.11 Å². The molecule has 0 fully saturated rings. The van der Waals surface area contributed by atoms with Crippen molar-refractivity contribution >= 4 is 17.5 Å². The van der Waals surface area contributed by atoms with Gasteiger partial charge >= 0.3 is 0 Å². The van der Waals surface area contributed by atoms with Crippen molar-refractivity contribution in [2.45, 2.75) is 38.4 Å². The number of aromatic nitrogens is 3. The van der Waals surface area contributed by atoms with Crippen LogP contribution in [0.3, 0.4) is 0 Å². The minimum atomic E-state index is 0.102. The van der Waals surface area contributed by atoms with Gasteiger partial charge in [0.05, 0.1) is 12.9 Å². The SMILES string of the molecule is CCCc1ccc(C(=O)CSc2nnc(-c3ccc(OC)cc3)n2CC)cc1. The molecule has 0 saturated heterocycles. The van der Waals surface area contributed by atoms with Gasteiger partial charge in [-0.3, -0.25) is 4.79 Å². The molecule has 3 rings (SSSR count). The van der Waals surface area contributed by atoms with Crippen molar-refractivity contribution in [3.63, 3.8) is 0 Å². The molecule has 0 unspecified atom stereocenters. The number of aryl methyl sites for hydroxylation is 1. The second-order valence-electron chi connectivity index (χ2n) is 6.44. The summed E-state index contributed by atoms with van der Waals surface area (Å²) in [6, 6.07) is 15.7. The van der Waals surface area contributed by atoms with E-state index in [2.05, 4.69) is 24.0 Å². The van der Waals surface area contributed by atoms with Crippen LogP contribution in [-0.4, -0.2) is 33.4 Å². The van der Waals surface area contributed by atoms with Gasteiger partial charge in [0.15, 0.2) is 16.8 Å². The second kappa shape index (κ2) is 9.55. The summed E-state index contributed by atoms with van der Waals surface area (Å²) < 4.78 is 7.24. The Morgan fingerprint density at radius 1 is 1.04 bits per heavy atom. The summed E-state index contributed by atoms with van der Waals surface area (Å²) in [4.78, 5) is 12.5. The van der Waals surface area contributed by atoms with Crippen LogP contribution in [0.1, 0.15) is 36.2 Å². The Morgan fingerprint density at radius 2 is 1.75 bits per heavy atom. The Morgan fingerprint density at radius 3 is 2.36 bits per heavy atom. The lowest BCUT2D eigenvalue weighted by atomic mass is 10.1. The van der Waals surface area contributed by atoms with E-state index in [-0.39, 0.29) is 5.78 Å². The highest BCUT2D eigenvalue weighted by atomic mass is 32.2. The first-order valence-electron chi connectivity index (χ1n) is 9.48. The number of thioether (sulfide) groups is 1. The zero-order chi connectivity index (χ0) is 19.9. The molecule has 0 aliphatic carbocycles. The molecule has 2 aromatic carbocycles. The molecule has 0 saturated carbocycles. The van der Waals surface area contributed by atoms with Crippen molar-refractivity contribution in [3.05, 3.63) is 59.7 Å². The first kappa shape index (κ1) is 20.1. The standard InChI is InChI=1S/C22H25N3O2S/c1-4-6-16-7-9-17(10-8-16)20(26)15-28-22-24-23-21(25(22)5-2)18-11-13-19(27-3)14-12-18/h7-14H,4-6,15H2,1-3H3. The van der Waals surface area contributed by atoms with Crippen molar-refractivity contribution in [1.82, 2.24) is 14.8 Å². The Balaban J connectivity index is 1.70. The van der Waals surface area contributed by atoms with Gasteiger partial charge < -0.3 is 9.30 Å². The summed E-state index contributed by atoms with van der Waals surface area (Å²) in [5.41, 5.74) is 2.98. The van der Waals surface area contributed by atoms with Crippen LogP contribution in [0.5, 0.6) is 5.75 Å². The minimum absolute atomic E-state index is 0.102. The Kier molecular flexibility index (Phi) is 6.87. The molecule has 1 heterocycles. The lowest BCUT2D eigenvalue weighted by Gasteiger charge is -2.08. The number of hydrogen-bond donors (Lipinski definition) is 0. The van der Waals surface area contributed by atoms with E-state index in [1.807, 2.05) is 53.1 Å². The fraction of sp³-hybridized carbons (Fsp3) is 0.318. The van der Waals surface area contributed by atoms with Crippen LogP contribution in [-0.2, 0) is 13.0 Å². The molecule has 6 heteroatoms. The number of carbonyl (C=O) groups is 1. The molecule has 0 spiro atoms. The molecular formula is C22H25N3O2S. The van der Waals surface area contributed by atoms with Gasteiger partial charge in [-0.1, -0.05) is 49.4 Å². The van der Waals surface area contributed by atoms with Crippen molar-refractivity contribution in [3.8, 4) is 17.1 Å². The summed E-state index contributed by atoms with van der Waals surface area (Å²) in [7, 11) is 1.65. The van der Waals surface area contributed by atoms with Crippen LogP contribution in [0.4, 0.5) is 0 Å². The predicted molar refractivity (Wildman–Crippen MR) is 113 cm³/mol. The number of nitrogens with zero attached hydrogens (tertiary/aromatic N) is 3. The monoisotopic (exact) mass is 395 g/mol. The van der Waals surface area contributed by atoms with E-state index in [0.29, 0.717) is 5.75 Å². The fourth-order valence-corrected chi connectivity index (χ4v) is 3.89. The largest absolute Gasteiger partial charge is 0.497 e. The van der Waals surface area contributed by atoms with E-state index in [0.717, 1.165) is 47.2 Å². The smallest absolute Gasteiger partial charge is 0.191 e. The Bertz CT molecular complexity index is 918.